The van der Waals surface area contributed by atoms with Gasteiger partial charge in [0.05, 0.1) is 19.2 Å². The van der Waals surface area contributed by atoms with E-state index >= 15 is 0 Å². The number of ether oxygens (including phenoxy) is 1. The number of hydrogen-bond donors (Lipinski definition) is 2. The molecule has 6 heteroatoms. The van der Waals surface area contributed by atoms with Gasteiger partial charge in [-0.1, -0.05) is 18.6 Å². The highest BCUT2D eigenvalue weighted by molar-refractivity contribution is 5.97. The molecule has 6 nitrogen and oxygen atoms in total. The molecule has 2 aliphatic rings. The number of rotatable bonds is 8. The van der Waals surface area contributed by atoms with Crippen LogP contribution in [0.15, 0.2) is 11.6 Å². The van der Waals surface area contributed by atoms with Gasteiger partial charge in [0.1, 0.15) is 5.60 Å². The maximum atomic E-state index is 12.5. The highest BCUT2D eigenvalue weighted by Gasteiger charge is 2.50. The van der Waals surface area contributed by atoms with Crippen molar-refractivity contribution in [3.05, 3.63) is 11.6 Å². The predicted octanol–water partition coefficient (Wildman–Crippen LogP) is 0.856. The van der Waals surface area contributed by atoms with Crippen LogP contribution < -0.4 is 10.6 Å². The van der Waals surface area contributed by atoms with Crippen LogP contribution in [0.5, 0.6) is 0 Å². The van der Waals surface area contributed by atoms with Crippen molar-refractivity contribution in [2.75, 3.05) is 13.2 Å². The van der Waals surface area contributed by atoms with Crippen LogP contribution in [0.1, 0.15) is 46.0 Å². The molecule has 122 valence electrons. The Kier molecular flexibility index (Phi) is 5.34. The second kappa shape index (κ2) is 7.05. The lowest BCUT2D eigenvalue weighted by Crippen LogP contribution is -2.49. The molecule has 2 N–H and O–H groups in total. The van der Waals surface area contributed by atoms with E-state index < -0.39 is 11.6 Å². The lowest BCUT2D eigenvalue weighted by molar-refractivity contribution is -0.130. The van der Waals surface area contributed by atoms with Crippen LogP contribution in [0.2, 0.25) is 0 Å². The van der Waals surface area contributed by atoms with Crippen molar-refractivity contribution in [3.8, 4) is 0 Å². The Morgan fingerprint density at radius 1 is 1.36 bits per heavy atom. The molecule has 0 bridgehead atoms. The standard InChI is InChI=1S/C16H24N2O4/c1-3-13(19)17-9-14(20)18-12(8-11-6-4-5-7-11)15(21)16(2)10-22-16/h6,12H,3-5,7-10H2,1-2H3,(H,17,19)(H,18,20). The average Bonchev–Trinajstić information content (AvgIpc) is 3.05. The number of ketones is 1. The molecular formula is C16H24N2O4. The van der Waals surface area contributed by atoms with Gasteiger partial charge in [-0.2, -0.15) is 0 Å². The van der Waals surface area contributed by atoms with Gasteiger partial charge in [0.15, 0.2) is 5.78 Å². The topological polar surface area (TPSA) is 87.8 Å². The molecule has 2 rings (SSSR count). The van der Waals surface area contributed by atoms with Crippen molar-refractivity contribution in [2.24, 2.45) is 0 Å². The maximum absolute atomic E-state index is 12.5. The largest absolute Gasteiger partial charge is 0.361 e. The Balaban J connectivity index is 1.93. The molecule has 0 aromatic carbocycles. The van der Waals surface area contributed by atoms with Gasteiger partial charge in [-0.25, -0.2) is 0 Å². The summed E-state index contributed by atoms with van der Waals surface area (Å²) in [6.45, 7) is 3.77. The van der Waals surface area contributed by atoms with E-state index in [9.17, 15) is 14.4 Å². The molecule has 1 heterocycles. The first-order chi connectivity index (χ1) is 10.4. The quantitative estimate of drug-likeness (QED) is 0.514. The highest BCUT2D eigenvalue weighted by Crippen LogP contribution is 2.31. The van der Waals surface area contributed by atoms with E-state index in [1.807, 2.05) is 0 Å². The molecule has 22 heavy (non-hydrogen) atoms. The molecule has 0 aromatic rings. The number of Topliss-reactive ketones (excluding diaryl/α,β-unsaturated/α-hetero) is 1. The Morgan fingerprint density at radius 2 is 2.09 bits per heavy atom. The summed E-state index contributed by atoms with van der Waals surface area (Å²) >= 11 is 0. The monoisotopic (exact) mass is 308 g/mol. The summed E-state index contributed by atoms with van der Waals surface area (Å²) in [4.78, 5) is 35.6. The lowest BCUT2D eigenvalue weighted by Gasteiger charge is -2.20. The van der Waals surface area contributed by atoms with Gasteiger partial charge in [-0.15, -0.1) is 0 Å². The molecule has 1 aliphatic carbocycles. The van der Waals surface area contributed by atoms with E-state index in [1.54, 1.807) is 13.8 Å². The molecular weight excluding hydrogens is 284 g/mol. The zero-order valence-corrected chi connectivity index (χ0v) is 13.2. The fourth-order valence-corrected chi connectivity index (χ4v) is 2.56. The third kappa shape index (κ3) is 4.40. The molecule has 2 unspecified atom stereocenters. The summed E-state index contributed by atoms with van der Waals surface area (Å²) < 4.78 is 5.21. The van der Waals surface area contributed by atoms with Crippen molar-refractivity contribution in [2.45, 2.75) is 57.6 Å². The van der Waals surface area contributed by atoms with Crippen molar-refractivity contribution < 1.29 is 19.1 Å². The second-order valence-corrected chi connectivity index (χ2v) is 6.09. The van der Waals surface area contributed by atoms with E-state index in [4.69, 9.17) is 4.74 Å². The summed E-state index contributed by atoms with van der Waals surface area (Å²) in [7, 11) is 0. The maximum Gasteiger partial charge on any atom is 0.239 e. The van der Waals surface area contributed by atoms with Gasteiger partial charge < -0.3 is 15.4 Å². The van der Waals surface area contributed by atoms with Crippen LogP contribution in [0, 0.1) is 0 Å². The van der Waals surface area contributed by atoms with Crippen LogP contribution in [0.25, 0.3) is 0 Å². The van der Waals surface area contributed by atoms with E-state index in [2.05, 4.69) is 16.7 Å². The van der Waals surface area contributed by atoms with Crippen molar-refractivity contribution in [1.82, 2.24) is 10.6 Å². The van der Waals surface area contributed by atoms with Crippen LogP contribution in [-0.2, 0) is 19.1 Å². The molecule has 0 spiro atoms. The van der Waals surface area contributed by atoms with Gasteiger partial charge in [0.2, 0.25) is 11.8 Å². The van der Waals surface area contributed by atoms with Crippen molar-refractivity contribution in [1.29, 1.82) is 0 Å². The number of nitrogens with one attached hydrogen (secondary N) is 2. The van der Waals surface area contributed by atoms with E-state index in [1.165, 1.54) is 5.57 Å². The molecule has 1 fully saturated rings. The zero-order valence-electron chi connectivity index (χ0n) is 13.2. The molecule has 2 amide bonds. The second-order valence-electron chi connectivity index (χ2n) is 6.09. The molecule has 0 radical (unpaired) electrons. The minimum atomic E-state index is -0.760. The van der Waals surface area contributed by atoms with E-state index in [0.717, 1.165) is 19.3 Å². The molecule has 0 aromatic heterocycles. The fraction of sp³-hybridized carbons (Fsp3) is 0.688. The molecule has 1 aliphatic heterocycles. The molecule has 2 atom stereocenters. The third-order valence-electron chi connectivity index (χ3n) is 4.12. The SMILES string of the molecule is CCC(=O)NCC(=O)NC(CC1=CCCC1)C(=O)C1(C)CO1. The smallest absolute Gasteiger partial charge is 0.239 e. The number of carbonyl (C=O) groups excluding carboxylic acids is 3. The lowest BCUT2D eigenvalue weighted by atomic mass is 9.94. The Bertz CT molecular complexity index is 494. The first-order valence-corrected chi connectivity index (χ1v) is 7.87. The average molecular weight is 308 g/mol. The molecule has 0 saturated carbocycles. The third-order valence-corrected chi connectivity index (χ3v) is 4.12. The molecule has 1 saturated heterocycles. The van der Waals surface area contributed by atoms with Gasteiger partial charge in [0.25, 0.3) is 0 Å². The minimum absolute atomic E-state index is 0.0875. The van der Waals surface area contributed by atoms with Gasteiger partial charge in [-0.3, -0.25) is 14.4 Å². The highest BCUT2D eigenvalue weighted by atomic mass is 16.6. The van der Waals surface area contributed by atoms with Crippen molar-refractivity contribution in [3.63, 3.8) is 0 Å². The first kappa shape index (κ1) is 16.7. The Labute approximate surface area is 130 Å². The minimum Gasteiger partial charge on any atom is -0.361 e. The summed E-state index contributed by atoms with van der Waals surface area (Å²) in [5, 5.41) is 5.26. The number of allylic oxidation sites excluding steroid dienone is 1. The van der Waals surface area contributed by atoms with E-state index in [-0.39, 0.29) is 24.1 Å². The van der Waals surface area contributed by atoms with Crippen LogP contribution in [0.3, 0.4) is 0 Å². The zero-order chi connectivity index (χ0) is 16.2. The van der Waals surface area contributed by atoms with Crippen LogP contribution in [-0.4, -0.2) is 42.4 Å². The fourth-order valence-electron chi connectivity index (χ4n) is 2.56. The van der Waals surface area contributed by atoms with Crippen LogP contribution in [0.4, 0.5) is 0 Å². The summed E-state index contributed by atoms with van der Waals surface area (Å²) in [6.07, 6.45) is 6.11. The predicted molar refractivity (Wildman–Crippen MR) is 81.1 cm³/mol. The number of epoxide rings is 1. The Morgan fingerprint density at radius 3 is 2.64 bits per heavy atom. The van der Waals surface area contributed by atoms with Crippen molar-refractivity contribution >= 4 is 17.6 Å². The van der Waals surface area contributed by atoms with Gasteiger partial charge >= 0.3 is 0 Å². The summed E-state index contributed by atoms with van der Waals surface area (Å²) in [5.41, 5.74) is 0.449. The van der Waals surface area contributed by atoms with Gasteiger partial charge in [0, 0.05) is 6.42 Å². The van der Waals surface area contributed by atoms with Crippen LogP contribution >= 0.6 is 0 Å². The van der Waals surface area contributed by atoms with E-state index in [0.29, 0.717) is 19.4 Å². The van der Waals surface area contributed by atoms with Gasteiger partial charge in [-0.05, 0) is 32.6 Å². The first-order valence-electron chi connectivity index (χ1n) is 7.87. The normalized spacial score (nSPS) is 24.4. The summed E-state index contributed by atoms with van der Waals surface area (Å²) in [6, 6.07) is -0.581. The number of amides is 2. The number of hydrogen-bond acceptors (Lipinski definition) is 4. The number of carbonyl (C=O) groups is 3. The summed E-state index contributed by atoms with van der Waals surface area (Å²) in [5.74, 6) is -0.618. The Hall–Kier alpha value is -1.69.